The SMILES string of the molecule is COCCN1C(=O)c2oc3ccccc3c(=O)c2C12C(=O)N(Cc1ccccc1Cl)c1ccccc12. The molecule has 3 aromatic carbocycles. The molecule has 8 heteroatoms. The largest absolute Gasteiger partial charge is 0.450 e. The summed E-state index contributed by atoms with van der Waals surface area (Å²) in [5.41, 5.74) is 0.172. The Morgan fingerprint density at radius 1 is 0.944 bits per heavy atom. The van der Waals surface area contributed by atoms with Gasteiger partial charge >= 0.3 is 0 Å². The van der Waals surface area contributed by atoms with Gasteiger partial charge in [-0.2, -0.15) is 0 Å². The van der Waals surface area contributed by atoms with Crippen LogP contribution in [0.3, 0.4) is 0 Å². The fourth-order valence-electron chi connectivity index (χ4n) is 5.37. The first-order chi connectivity index (χ1) is 17.5. The van der Waals surface area contributed by atoms with Crippen molar-refractivity contribution < 1.29 is 18.7 Å². The van der Waals surface area contributed by atoms with Crippen molar-refractivity contribution in [3.8, 4) is 0 Å². The Morgan fingerprint density at radius 2 is 1.67 bits per heavy atom. The number of methoxy groups -OCH3 is 1. The van der Waals surface area contributed by atoms with Crippen molar-refractivity contribution in [3.05, 3.63) is 110 Å². The highest BCUT2D eigenvalue weighted by molar-refractivity contribution is 6.31. The molecule has 0 bridgehead atoms. The van der Waals surface area contributed by atoms with Crippen LogP contribution in [0.2, 0.25) is 5.02 Å². The van der Waals surface area contributed by atoms with Crippen LogP contribution in [0.5, 0.6) is 0 Å². The summed E-state index contributed by atoms with van der Waals surface area (Å²) in [6.07, 6.45) is 0. The van der Waals surface area contributed by atoms with Gasteiger partial charge in [0.05, 0.1) is 29.8 Å². The molecule has 4 aromatic rings. The van der Waals surface area contributed by atoms with Crippen molar-refractivity contribution in [2.75, 3.05) is 25.2 Å². The fourth-order valence-corrected chi connectivity index (χ4v) is 5.57. The number of rotatable bonds is 5. The number of amides is 2. The highest BCUT2D eigenvalue weighted by Crippen LogP contribution is 2.52. The smallest absolute Gasteiger partial charge is 0.291 e. The Bertz CT molecular complexity index is 1610. The minimum absolute atomic E-state index is 0.0430. The number of anilines is 1. The van der Waals surface area contributed by atoms with Gasteiger partial charge in [0.25, 0.3) is 11.8 Å². The molecule has 1 atom stereocenters. The molecule has 180 valence electrons. The molecular weight excluding hydrogens is 480 g/mol. The Labute approximate surface area is 211 Å². The predicted molar refractivity (Wildman–Crippen MR) is 135 cm³/mol. The third-order valence-corrected chi connectivity index (χ3v) is 7.32. The van der Waals surface area contributed by atoms with E-state index in [9.17, 15) is 14.4 Å². The number of ether oxygens (including phenoxy) is 1. The zero-order chi connectivity index (χ0) is 25.0. The van der Waals surface area contributed by atoms with E-state index in [2.05, 4.69) is 0 Å². The minimum atomic E-state index is -1.67. The first-order valence-electron chi connectivity index (χ1n) is 11.5. The Hall–Kier alpha value is -3.94. The van der Waals surface area contributed by atoms with Crippen LogP contribution in [0.1, 0.15) is 27.2 Å². The maximum absolute atomic E-state index is 14.5. The van der Waals surface area contributed by atoms with Crippen LogP contribution in [0.25, 0.3) is 11.0 Å². The van der Waals surface area contributed by atoms with Crippen LogP contribution in [-0.4, -0.2) is 37.0 Å². The van der Waals surface area contributed by atoms with Crippen LogP contribution in [0.15, 0.2) is 82.0 Å². The number of fused-ring (bicyclic) bond motifs is 5. The van der Waals surface area contributed by atoms with Crippen molar-refractivity contribution in [2.45, 2.75) is 12.1 Å². The molecule has 0 saturated heterocycles. The fraction of sp³-hybridized carbons (Fsp3) is 0.179. The molecule has 0 aliphatic carbocycles. The maximum Gasteiger partial charge on any atom is 0.291 e. The third-order valence-electron chi connectivity index (χ3n) is 6.95. The molecule has 2 aliphatic rings. The topological polar surface area (TPSA) is 80.1 Å². The van der Waals surface area contributed by atoms with Gasteiger partial charge in [-0.1, -0.05) is 60.1 Å². The van der Waals surface area contributed by atoms with E-state index in [0.717, 1.165) is 5.56 Å². The van der Waals surface area contributed by atoms with E-state index in [4.69, 9.17) is 20.8 Å². The van der Waals surface area contributed by atoms with Gasteiger partial charge in [0.1, 0.15) is 5.58 Å². The van der Waals surface area contributed by atoms with E-state index in [1.54, 1.807) is 47.4 Å². The normalized spacial score (nSPS) is 18.4. The standard InChI is InChI=1S/C28H21ClN2O5/c1-35-15-14-31-26(33)25-23(24(32)18-9-3-7-13-22(18)36-25)28(31)19-10-4-6-12-21(19)30(27(28)34)16-17-8-2-5-11-20(17)29/h2-13H,14-16H2,1H3. The van der Waals surface area contributed by atoms with Crippen molar-refractivity contribution in [3.63, 3.8) is 0 Å². The summed E-state index contributed by atoms with van der Waals surface area (Å²) in [4.78, 5) is 45.3. The van der Waals surface area contributed by atoms with Crippen LogP contribution < -0.4 is 10.3 Å². The average Bonchev–Trinajstić information content (AvgIpc) is 3.29. The molecule has 0 saturated carbocycles. The molecule has 2 amide bonds. The first-order valence-corrected chi connectivity index (χ1v) is 11.9. The van der Waals surface area contributed by atoms with E-state index in [1.165, 1.54) is 12.0 Å². The lowest BCUT2D eigenvalue weighted by atomic mass is 9.84. The Balaban J connectivity index is 1.65. The summed E-state index contributed by atoms with van der Waals surface area (Å²) < 4.78 is 11.3. The molecule has 7 nitrogen and oxygen atoms in total. The van der Waals surface area contributed by atoms with Crippen molar-refractivity contribution in [2.24, 2.45) is 0 Å². The monoisotopic (exact) mass is 500 g/mol. The Kier molecular flexibility index (Phi) is 5.21. The zero-order valence-electron chi connectivity index (χ0n) is 19.4. The number of hydrogen-bond acceptors (Lipinski definition) is 5. The molecule has 1 aromatic heterocycles. The minimum Gasteiger partial charge on any atom is -0.450 e. The molecule has 0 radical (unpaired) electrons. The molecule has 3 heterocycles. The Morgan fingerprint density at radius 3 is 2.47 bits per heavy atom. The van der Waals surface area contributed by atoms with E-state index in [-0.39, 0.29) is 31.0 Å². The second kappa shape index (κ2) is 8.33. The highest BCUT2D eigenvalue weighted by Gasteiger charge is 2.64. The molecule has 1 unspecified atom stereocenters. The van der Waals surface area contributed by atoms with Gasteiger partial charge in [0, 0.05) is 24.2 Å². The summed E-state index contributed by atoms with van der Waals surface area (Å²) in [6.45, 7) is 0.447. The van der Waals surface area contributed by atoms with Crippen LogP contribution in [0.4, 0.5) is 5.69 Å². The van der Waals surface area contributed by atoms with E-state index in [0.29, 0.717) is 27.2 Å². The second-order valence-electron chi connectivity index (χ2n) is 8.79. The summed E-state index contributed by atoms with van der Waals surface area (Å²) in [5.74, 6) is -1.04. The number of para-hydroxylation sites is 2. The number of hydrogen-bond donors (Lipinski definition) is 0. The average molecular weight is 501 g/mol. The van der Waals surface area contributed by atoms with Gasteiger partial charge in [-0.3, -0.25) is 14.4 Å². The molecule has 36 heavy (non-hydrogen) atoms. The number of carbonyl (C=O) groups is 2. The van der Waals surface area contributed by atoms with Crippen molar-refractivity contribution in [1.29, 1.82) is 0 Å². The van der Waals surface area contributed by atoms with Gasteiger partial charge in [-0.25, -0.2) is 0 Å². The quantitative estimate of drug-likeness (QED) is 0.407. The first kappa shape index (κ1) is 22.5. The van der Waals surface area contributed by atoms with Gasteiger partial charge in [0.2, 0.25) is 5.76 Å². The lowest BCUT2D eigenvalue weighted by Crippen LogP contribution is -2.54. The van der Waals surface area contributed by atoms with E-state index in [1.807, 2.05) is 30.3 Å². The highest BCUT2D eigenvalue weighted by atomic mass is 35.5. The lowest BCUT2D eigenvalue weighted by molar-refractivity contribution is -0.126. The van der Waals surface area contributed by atoms with E-state index >= 15 is 0 Å². The number of halogens is 1. The number of nitrogens with zero attached hydrogens (tertiary/aromatic N) is 2. The van der Waals surface area contributed by atoms with Gasteiger partial charge in [-0.05, 0) is 29.8 Å². The molecule has 0 fully saturated rings. The van der Waals surface area contributed by atoms with Gasteiger partial charge in [-0.15, -0.1) is 0 Å². The lowest BCUT2D eigenvalue weighted by Gasteiger charge is -2.34. The summed E-state index contributed by atoms with van der Waals surface area (Å²) in [6, 6.07) is 21.3. The summed E-state index contributed by atoms with van der Waals surface area (Å²) in [7, 11) is 1.52. The number of carbonyl (C=O) groups excluding carboxylic acids is 2. The number of benzene rings is 3. The zero-order valence-corrected chi connectivity index (χ0v) is 20.1. The van der Waals surface area contributed by atoms with Crippen LogP contribution in [-0.2, 0) is 21.6 Å². The van der Waals surface area contributed by atoms with Gasteiger partial charge < -0.3 is 19.0 Å². The van der Waals surface area contributed by atoms with Crippen LogP contribution in [0, 0.1) is 0 Å². The molecule has 2 aliphatic heterocycles. The third kappa shape index (κ3) is 2.93. The van der Waals surface area contributed by atoms with Crippen molar-refractivity contribution in [1.82, 2.24) is 4.90 Å². The van der Waals surface area contributed by atoms with Gasteiger partial charge in [0.15, 0.2) is 11.0 Å². The molecule has 1 spiro atoms. The summed E-state index contributed by atoms with van der Waals surface area (Å²) in [5, 5.41) is 0.834. The van der Waals surface area contributed by atoms with Crippen LogP contribution >= 0.6 is 11.6 Å². The predicted octanol–water partition coefficient (Wildman–Crippen LogP) is 4.34. The maximum atomic E-state index is 14.5. The van der Waals surface area contributed by atoms with E-state index < -0.39 is 22.8 Å². The van der Waals surface area contributed by atoms with Crippen molar-refractivity contribution >= 4 is 40.1 Å². The molecular formula is C28H21ClN2O5. The molecule has 6 rings (SSSR count). The molecule has 0 N–H and O–H groups in total. The second-order valence-corrected chi connectivity index (χ2v) is 9.20. The summed E-state index contributed by atoms with van der Waals surface area (Å²) >= 11 is 6.44.